The first-order valence-corrected chi connectivity index (χ1v) is 10.1. The molecule has 21 heavy (non-hydrogen) atoms. The average Bonchev–Trinajstić information content (AvgIpc) is 2.64. The van der Waals surface area contributed by atoms with Crippen LogP contribution in [0.1, 0.15) is 52.4 Å². The van der Waals surface area contributed by atoms with Gasteiger partial charge in [0, 0.05) is 6.04 Å². The number of nitrogens with one attached hydrogen (secondary N) is 1. The van der Waals surface area contributed by atoms with Crippen molar-refractivity contribution in [2.75, 3.05) is 16.8 Å². The van der Waals surface area contributed by atoms with Gasteiger partial charge in [-0.25, -0.2) is 8.42 Å². The standard InChI is InChI=1S/C14H25N3O2S2/c1-3-9-21(18,19)12-13(15)17-20-14(12)16-11-6-4-5-10(2)7-8-11/h10-11,16H,3-9H2,1-2H3,(H2,15,17). The maximum Gasteiger partial charge on any atom is 0.185 e. The van der Waals surface area contributed by atoms with Gasteiger partial charge in [-0.3, -0.25) is 0 Å². The second-order valence-corrected chi connectivity index (χ2v) is 8.82. The third kappa shape index (κ3) is 4.10. The van der Waals surface area contributed by atoms with Crippen molar-refractivity contribution in [3.8, 4) is 0 Å². The molecule has 1 aliphatic carbocycles. The van der Waals surface area contributed by atoms with Gasteiger partial charge in [0.25, 0.3) is 0 Å². The maximum absolute atomic E-state index is 12.3. The van der Waals surface area contributed by atoms with Crippen molar-refractivity contribution < 1.29 is 8.42 Å². The Hall–Kier alpha value is -0.820. The minimum atomic E-state index is -3.34. The van der Waals surface area contributed by atoms with Crippen LogP contribution >= 0.6 is 11.5 Å². The smallest absolute Gasteiger partial charge is 0.185 e. The molecule has 2 rings (SSSR count). The maximum atomic E-state index is 12.3. The second kappa shape index (κ2) is 6.96. The topological polar surface area (TPSA) is 85.1 Å². The average molecular weight is 332 g/mol. The van der Waals surface area contributed by atoms with Gasteiger partial charge in [-0.05, 0) is 43.1 Å². The number of nitrogen functional groups attached to an aromatic ring is 1. The van der Waals surface area contributed by atoms with Gasteiger partial charge in [-0.15, -0.1) is 0 Å². The zero-order chi connectivity index (χ0) is 15.5. The molecule has 1 saturated carbocycles. The van der Waals surface area contributed by atoms with Crippen LogP contribution in [-0.4, -0.2) is 24.6 Å². The summed E-state index contributed by atoms with van der Waals surface area (Å²) in [7, 11) is -3.34. The molecule has 2 unspecified atom stereocenters. The molecule has 1 aromatic rings. The fraction of sp³-hybridized carbons (Fsp3) is 0.786. The molecule has 0 saturated heterocycles. The lowest BCUT2D eigenvalue weighted by molar-refractivity contribution is 0.502. The third-order valence-corrected chi connectivity index (χ3v) is 6.95. The monoisotopic (exact) mass is 331 g/mol. The van der Waals surface area contributed by atoms with E-state index < -0.39 is 9.84 Å². The van der Waals surface area contributed by atoms with Crippen LogP contribution < -0.4 is 11.1 Å². The first kappa shape index (κ1) is 16.5. The summed E-state index contributed by atoms with van der Waals surface area (Å²) in [5, 5.41) is 4.02. The highest BCUT2D eigenvalue weighted by molar-refractivity contribution is 7.91. The van der Waals surface area contributed by atoms with Crippen LogP contribution in [-0.2, 0) is 9.84 Å². The Morgan fingerprint density at radius 1 is 1.33 bits per heavy atom. The van der Waals surface area contributed by atoms with E-state index in [2.05, 4.69) is 16.6 Å². The van der Waals surface area contributed by atoms with Crippen molar-refractivity contribution in [2.24, 2.45) is 5.92 Å². The van der Waals surface area contributed by atoms with Crippen LogP contribution in [0.3, 0.4) is 0 Å². The number of aromatic nitrogens is 1. The lowest BCUT2D eigenvalue weighted by Crippen LogP contribution is -2.20. The highest BCUT2D eigenvalue weighted by Crippen LogP contribution is 2.35. The van der Waals surface area contributed by atoms with E-state index in [1.807, 2.05) is 6.92 Å². The van der Waals surface area contributed by atoms with Crippen LogP contribution in [0.2, 0.25) is 0 Å². The molecular formula is C14H25N3O2S2. The Bertz CT molecular complexity index is 569. The zero-order valence-electron chi connectivity index (χ0n) is 12.8. The largest absolute Gasteiger partial charge is 0.382 e. The number of nitrogens with two attached hydrogens (primary N) is 1. The highest BCUT2D eigenvalue weighted by Gasteiger charge is 2.26. The summed E-state index contributed by atoms with van der Waals surface area (Å²) in [5.74, 6) is 1.01. The number of hydrogen-bond acceptors (Lipinski definition) is 6. The molecule has 3 N–H and O–H groups in total. The zero-order valence-corrected chi connectivity index (χ0v) is 14.4. The van der Waals surface area contributed by atoms with E-state index in [0.717, 1.165) is 30.3 Å². The molecule has 0 aromatic carbocycles. The van der Waals surface area contributed by atoms with Gasteiger partial charge in [-0.1, -0.05) is 26.7 Å². The van der Waals surface area contributed by atoms with Gasteiger partial charge in [0.15, 0.2) is 15.7 Å². The molecule has 120 valence electrons. The summed E-state index contributed by atoms with van der Waals surface area (Å²) in [5.41, 5.74) is 5.80. The normalized spacial score (nSPS) is 23.7. The number of rotatable bonds is 5. The summed E-state index contributed by atoms with van der Waals surface area (Å²) in [6.07, 6.45) is 6.36. The predicted molar refractivity (Wildman–Crippen MR) is 88.5 cm³/mol. The molecule has 2 atom stereocenters. The second-order valence-electron chi connectivity index (χ2n) is 6.00. The predicted octanol–water partition coefficient (Wildman–Crippen LogP) is 3.29. The van der Waals surface area contributed by atoms with Crippen molar-refractivity contribution in [3.63, 3.8) is 0 Å². The van der Waals surface area contributed by atoms with E-state index in [4.69, 9.17) is 5.73 Å². The summed E-state index contributed by atoms with van der Waals surface area (Å²) in [4.78, 5) is 0.214. The van der Waals surface area contributed by atoms with Crippen molar-refractivity contribution in [2.45, 2.75) is 63.3 Å². The lowest BCUT2D eigenvalue weighted by atomic mass is 10.0. The first-order chi connectivity index (χ1) is 9.94. The molecule has 0 spiro atoms. The minimum Gasteiger partial charge on any atom is -0.382 e. The molecule has 0 aliphatic heterocycles. The van der Waals surface area contributed by atoms with Gasteiger partial charge >= 0.3 is 0 Å². The van der Waals surface area contributed by atoms with Crippen LogP contribution in [0.4, 0.5) is 10.8 Å². The van der Waals surface area contributed by atoms with Crippen LogP contribution in [0, 0.1) is 5.92 Å². The van der Waals surface area contributed by atoms with Crippen LogP contribution in [0.5, 0.6) is 0 Å². The number of sulfone groups is 1. The molecule has 1 aliphatic rings. The quantitative estimate of drug-likeness (QED) is 0.809. The summed E-state index contributed by atoms with van der Waals surface area (Å²) in [6.45, 7) is 4.14. The Labute approximate surface area is 131 Å². The van der Waals surface area contributed by atoms with E-state index in [-0.39, 0.29) is 16.5 Å². The molecule has 0 amide bonds. The lowest BCUT2D eigenvalue weighted by Gasteiger charge is -2.17. The fourth-order valence-electron chi connectivity index (χ4n) is 2.87. The Morgan fingerprint density at radius 3 is 2.81 bits per heavy atom. The van der Waals surface area contributed by atoms with Gasteiger partial charge in [-0.2, -0.15) is 4.37 Å². The Morgan fingerprint density at radius 2 is 2.10 bits per heavy atom. The summed E-state index contributed by atoms with van der Waals surface area (Å²) >= 11 is 1.16. The van der Waals surface area contributed by atoms with Gasteiger partial charge in [0.05, 0.1) is 5.75 Å². The molecule has 1 fully saturated rings. The molecule has 1 aromatic heterocycles. The van der Waals surface area contributed by atoms with Crippen molar-refractivity contribution >= 4 is 32.2 Å². The Balaban J connectivity index is 2.18. The van der Waals surface area contributed by atoms with E-state index in [1.165, 1.54) is 19.3 Å². The summed E-state index contributed by atoms with van der Waals surface area (Å²) in [6, 6.07) is 0.324. The van der Waals surface area contributed by atoms with E-state index in [1.54, 1.807) is 0 Å². The van der Waals surface area contributed by atoms with Gasteiger partial charge in [0.1, 0.15) is 9.90 Å². The molecular weight excluding hydrogens is 306 g/mol. The molecule has 1 heterocycles. The number of hydrogen-bond donors (Lipinski definition) is 2. The van der Waals surface area contributed by atoms with Crippen molar-refractivity contribution in [3.05, 3.63) is 0 Å². The number of anilines is 2. The van der Waals surface area contributed by atoms with Gasteiger partial charge in [0.2, 0.25) is 0 Å². The van der Waals surface area contributed by atoms with Crippen LogP contribution in [0.25, 0.3) is 0 Å². The van der Waals surface area contributed by atoms with Gasteiger partial charge < -0.3 is 11.1 Å². The molecule has 5 nitrogen and oxygen atoms in total. The molecule has 0 radical (unpaired) electrons. The highest BCUT2D eigenvalue weighted by atomic mass is 32.2. The van der Waals surface area contributed by atoms with Crippen LogP contribution in [0.15, 0.2) is 4.90 Å². The van der Waals surface area contributed by atoms with Crippen molar-refractivity contribution in [1.82, 2.24) is 4.37 Å². The van der Waals surface area contributed by atoms with E-state index in [0.29, 0.717) is 17.5 Å². The SMILES string of the molecule is CCCS(=O)(=O)c1c(N)nsc1NC1CCCC(C)CC1. The first-order valence-electron chi connectivity index (χ1n) is 7.68. The minimum absolute atomic E-state index is 0.117. The molecule has 0 bridgehead atoms. The fourth-order valence-corrected chi connectivity index (χ4v) is 5.56. The van der Waals surface area contributed by atoms with E-state index in [9.17, 15) is 8.42 Å². The Kier molecular flexibility index (Phi) is 5.48. The summed E-state index contributed by atoms with van der Waals surface area (Å²) < 4.78 is 28.7. The van der Waals surface area contributed by atoms with E-state index >= 15 is 0 Å². The number of nitrogens with zero attached hydrogens (tertiary/aromatic N) is 1. The van der Waals surface area contributed by atoms with Crippen molar-refractivity contribution in [1.29, 1.82) is 0 Å². The molecule has 7 heteroatoms. The third-order valence-electron chi connectivity index (χ3n) is 4.05.